The van der Waals surface area contributed by atoms with Crippen molar-refractivity contribution in [2.45, 2.75) is 426 Å². The van der Waals surface area contributed by atoms with Gasteiger partial charge >= 0.3 is 67.3 Å². The van der Waals surface area contributed by atoms with Crippen molar-refractivity contribution in [3.63, 3.8) is 0 Å². The number of ether oxygens (including phenoxy) is 6. The predicted octanol–water partition coefficient (Wildman–Crippen LogP) is 23.4. The second kappa shape index (κ2) is 78.8. The van der Waals surface area contributed by atoms with Crippen molar-refractivity contribution in [1.82, 2.24) is 0 Å². The molecule has 0 spiro atoms. The number of hydrogen-bond donors (Lipinski definition) is 0. The van der Waals surface area contributed by atoms with E-state index < -0.39 is 231 Å². The molecule has 0 rings (SSSR count). The fourth-order valence-corrected chi connectivity index (χ4v) is 23.6. The van der Waals surface area contributed by atoms with Crippen LogP contribution < -0.4 is 0 Å². The first-order valence-electron chi connectivity index (χ1n) is 39.1. The van der Waals surface area contributed by atoms with Gasteiger partial charge in [0.15, 0.2) is 147 Å². The summed E-state index contributed by atoms with van der Waals surface area (Å²) in [6, 6.07) is 2.40. The van der Waals surface area contributed by atoms with E-state index in [1.165, 1.54) is 20.8 Å². The molecule has 0 heterocycles. The van der Waals surface area contributed by atoms with Crippen molar-refractivity contribution < 1.29 is 214 Å². The zero-order chi connectivity index (χ0) is 105. The van der Waals surface area contributed by atoms with Crippen LogP contribution in [0, 0.1) is 67.2 Å². The minimum absolute atomic E-state index is 0. The Hall–Kier alpha value is -4.28. The minimum Gasteiger partial charge on any atom is -0.743 e. The summed E-state index contributed by atoms with van der Waals surface area (Å²) in [4.78, 5) is 70.0. The highest BCUT2D eigenvalue weighted by Crippen LogP contribution is 2.39. The average molecular weight is 2410 g/mol. The molecule has 906 valence electrons. The van der Waals surface area contributed by atoms with Gasteiger partial charge in [0.1, 0.15) is 0 Å². The molecule has 36 nitrogen and oxygen atoms in total. The van der Waals surface area contributed by atoms with Gasteiger partial charge in [0.05, 0.1) is 17.8 Å². The lowest BCUT2D eigenvalue weighted by Crippen LogP contribution is -2.44. The fraction of sp³-hybridized carbons (Fsp3) is 0.862. The Labute approximate surface area is 890 Å². The van der Waals surface area contributed by atoms with E-state index in [2.05, 4.69) is 28.4 Å². The van der Waals surface area contributed by atoms with Crippen LogP contribution in [0.2, 0.25) is 114 Å². The van der Waals surface area contributed by atoms with E-state index in [9.17, 15) is 159 Å². The Morgan fingerprint density at radius 2 is 0.565 bits per heavy atom. The molecule has 0 bridgehead atoms. The Bertz CT molecular complexity index is 4270. The molecule has 0 saturated carbocycles. The molecule has 0 aliphatic carbocycles. The van der Waals surface area contributed by atoms with Crippen LogP contribution in [-0.4, -0.2) is 274 Å². The van der Waals surface area contributed by atoms with Crippen LogP contribution in [0.15, 0.2) is 0 Å². The quantitative estimate of drug-likeness (QED) is 0.0136. The molecule has 10 atom stereocenters. The summed E-state index contributed by atoms with van der Waals surface area (Å²) in [6.07, 6.45) is -12.4. The molecule has 0 saturated heterocycles. The first kappa shape index (κ1) is 203. The standard InChI is InChI=1S/3C12H24F2O6SSi.3C11H22F2O6SSi.12CH4.6CH3/c1-9(12(13,14)21(16,17)18)20-10(15)7-11(2,3)8-22(5,6)19-4;1-9(12(13,14)21(16,17)18)20-10(15)11(2,3)7-8-22(5,6)19-4;1-6-10(22(4,5)19-3)7-8-11(15)20-9(2)12(13,14)21(16,17)18;1-8(7-21(4,5)18-3)6-10(14)19-9(2)11(12,13)20(15,16)17;1-8(6-7-21(4,5)18-3)10(14)19-9(2)11(12,13)20(15,16)17;1-8(21(4,5)18-3)6-7-10(14)19-9(2)11(12,13)20(15,16)17;;;;;;;;;;;;;;;;;;/h2*9H,7-8H2,1-6H3,(H,16,17,18);9-10H,6-8H2,1-5H3,(H,16,17,18);3*8-9H,6-7H2,1-5H3,(H,15,16,17);12*1H4;6*1H3/q;;;;;;;;;;;;;;;;;;6*+1/p-6. The van der Waals surface area contributed by atoms with Gasteiger partial charge in [-0.1, -0.05) is 137 Å². The van der Waals surface area contributed by atoms with Crippen molar-refractivity contribution in [2.75, 3.05) is 42.7 Å². The summed E-state index contributed by atoms with van der Waals surface area (Å²) in [5.41, 5.74) is -1.45. The van der Waals surface area contributed by atoms with Gasteiger partial charge in [-0.3, -0.25) is 28.8 Å². The second-order valence-electron chi connectivity index (χ2n) is 35.2. The van der Waals surface area contributed by atoms with Crippen LogP contribution in [0.4, 0.5) is 52.7 Å². The predicted molar refractivity (Wildman–Crippen MR) is 573 cm³/mol. The summed E-state index contributed by atoms with van der Waals surface area (Å²) in [5.74, 6) is -6.70. The van der Waals surface area contributed by atoms with Gasteiger partial charge in [0, 0.05) is 106 Å². The van der Waals surface area contributed by atoms with Crippen LogP contribution in [-0.2, 0) is 144 Å². The Morgan fingerprint density at radius 3 is 0.823 bits per heavy atom. The molecule has 147 heavy (non-hydrogen) atoms. The molecule has 0 radical (unpaired) electrons. The van der Waals surface area contributed by atoms with Crippen LogP contribution in [0.5, 0.6) is 0 Å². The van der Waals surface area contributed by atoms with Gasteiger partial charge in [-0.2, -0.15) is 52.7 Å². The van der Waals surface area contributed by atoms with E-state index in [-0.39, 0.29) is 176 Å². The smallest absolute Gasteiger partial charge is 0.369 e. The van der Waals surface area contributed by atoms with Gasteiger partial charge in [0.2, 0.25) is 0 Å². The zero-order valence-electron chi connectivity index (χ0n) is 84.6. The molecule has 0 aromatic carbocycles. The molecule has 0 fully saturated rings. The highest BCUT2D eigenvalue weighted by atomic mass is 32.2. The topological polar surface area (TPSA) is 556 Å². The number of carbonyl (C=O) groups is 6. The zero-order valence-corrected chi connectivity index (χ0v) is 95.5. The number of hydrogen-bond acceptors (Lipinski definition) is 36. The Kier molecular flexibility index (Phi) is 109. The summed E-state index contributed by atoms with van der Waals surface area (Å²) in [7, 11) is -37.6. The van der Waals surface area contributed by atoms with Gasteiger partial charge in [0.25, 0.3) is 0 Å². The third kappa shape index (κ3) is 73.0. The Morgan fingerprint density at radius 1 is 0.320 bits per heavy atom. The molecular weight excluding hydrogens is 2210 g/mol. The van der Waals surface area contributed by atoms with E-state index in [0.717, 1.165) is 6.42 Å². The number of rotatable bonds is 49. The van der Waals surface area contributed by atoms with Gasteiger partial charge < -0.3 is 82.3 Å². The lowest BCUT2D eigenvalue weighted by molar-refractivity contribution is -0.170. The number of alkyl halides is 12. The molecule has 0 amide bonds. The van der Waals surface area contributed by atoms with Crippen LogP contribution in [0.25, 0.3) is 0 Å². The molecule has 0 aromatic heterocycles. The highest BCUT2D eigenvalue weighted by molar-refractivity contribution is 7.88. The number of esters is 6. The van der Waals surface area contributed by atoms with Crippen molar-refractivity contribution in [3.05, 3.63) is 44.6 Å². The summed E-state index contributed by atoms with van der Waals surface area (Å²) >= 11 is 0. The lowest BCUT2D eigenvalue weighted by Gasteiger charge is -2.32. The second-order valence-corrected chi connectivity index (χ2v) is 70.4. The molecule has 0 aliphatic heterocycles. The average Bonchev–Trinajstić information content (AvgIpc) is 0.814. The van der Waals surface area contributed by atoms with E-state index in [1.54, 1.807) is 63.4 Å². The normalized spacial score (nSPS) is 14.1. The van der Waals surface area contributed by atoms with E-state index in [4.69, 9.17) is 26.6 Å². The summed E-state index contributed by atoms with van der Waals surface area (Å²) < 4.78 is 405. The van der Waals surface area contributed by atoms with Crippen LogP contribution in [0.1, 0.15) is 244 Å². The van der Waals surface area contributed by atoms with Crippen LogP contribution >= 0.6 is 0 Å². The first-order chi connectivity index (χ1) is 56.6. The molecule has 0 N–H and O–H groups in total. The van der Waals surface area contributed by atoms with E-state index >= 15 is 0 Å². The van der Waals surface area contributed by atoms with Crippen molar-refractivity contribution >= 4 is 146 Å². The lowest BCUT2D eigenvalue weighted by atomic mass is 9.90. The first-order valence-corrected chi connectivity index (χ1v) is 66.0. The third-order valence-electron chi connectivity index (χ3n) is 20.4. The van der Waals surface area contributed by atoms with Crippen molar-refractivity contribution in [2.24, 2.45) is 22.7 Å². The molecule has 0 aliphatic rings. The maximum absolute atomic E-state index is 13.3. The largest absolute Gasteiger partial charge is 0.743 e. The highest BCUT2D eigenvalue weighted by Gasteiger charge is 2.53. The molecular formula is C87H198F12O36S6Si6. The van der Waals surface area contributed by atoms with Crippen molar-refractivity contribution in [3.8, 4) is 0 Å². The maximum atomic E-state index is 13.3. The van der Waals surface area contributed by atoms with E-state index in [0.29, 0.717) is 91.4 Å². The number of halogens is 12. The van der Waals surface area contributed by atoms with Crippen LogP contribution in [0.3, 0.4) is 0 Å². The van der Waals surface area contributed by atoms with Crippen molar-refractivity contribution in [1.29, 1.82) is 0 Å². The maximum Gasteiger partial charge on any atom is 0.369 e. The third-order valence-corrected chi connectivity index (χ3v) is 44.7. The summed E-state index contributed by atoms with van der Waals surface area (Å²) in [6.45, 7) is 41.0. The molecule has 10 unspecified atom stereocenters. The minimum atomic E-state index is -5.91. The van der Waals surface area contributed by atoms with Gasteiger partial charge in [-0.15, -0.1) is 0 Å². The monoisotopic (exact) mass is 2410 g/mol. The van der Waals surface area contributed by atoms with Gasteiger partial charge in [-0.05, 0) is 206 Å². The van der Waals surface area contributed by atoms with Gasteiger partial charge in [-0.25, -0.2) is 50.5 Å². The number of carbonyl (C=O) groups excluding carboxylic acids is 6. The van der Waals surface area contributed by atoms with E-state index in [1.807, 2.05) is 92.4 Å². The SMILES string of the molecule is C.C.C.C.C.C.C.C.C.C.C.C.CCC(CCC(=O)OC(C)C(F)(F)S(=O)(=O)[O-])[Si](C)(C)OC.CO[Si](C)(C)C(C)CCC(=O)OC(C)C(F)(F)S(=O)(=O)[O-].CO[Si](C)(C)CC(C)(C)CC(=O)OC(C)C(F)(F)S(=O)(=O)[O-].CO[Si](C)(C)CC(C)CC(=O)OC(C)C(F)(F)S(=O)(=O)[O-].CO[Si](C)(C)CCC(C)(C)C(=O)OC(C)C(F)(F)S(=O)(=O)[O-].CO[Si](C)(C)CCC(C)C(=O)OC(C)C(F)(F)S(=O)(=O)[O-].[CH3+].[CH3+].[CH3+].[CH3+].[CH3+].[CH3+]. The Balaban J connectivity index is -0.0000000548. The summed E-state index contributed by atoms with van der Waals surface area (Å²) in [5, 5.41) is -27.9. The molecule has 60 heteroatoms. The fourth-order valence-electron chi connectivity index (χ4n) is 10.2. The molecule has 0 aromatic rings.